The average Bonchev–Trinajstić information content (AvgIpc) is 2.81. The second-order valence-electron chi connectivity index (χ2n) is 5.45. The largest absolute Gasteiger partial charge is 0.316 e. The number of benzene rings is 1. The van der Waals surface area contributed by atoms with Crippen molar-refractivity contribution in [3.05, 3.63) is 32.7 Å². The molecule has 2 aliphatic rings. The lowest BCUT2D eigenvalue weighted by Gasteiger charge is -2.34. The molecule has 3 rings (SSSR count). The molecule has 1 aromatic rings. The molecule has 2 atom stereocenters. The summed E-state index contributed by atoms with van der Waals surface area (Å²) < 4.78 is 2.28. The van der Waals surface area contributed by atoms with Crippen LogP contribution in [0.3, 0.4) is 0 Å². The van der Waals surface area contributed by atoms with Crippen LogP contribution >= 0.6 is 44.3 Å². The Morgan fingerprint density at radius 2 is 1.95 bits per heavy atom. The lowest BCUT2D eigenvalue weighted by molar-refractivity contribution is 0.142. The molecular weight excluding hydrogens is 391 g/mol. The Kier molecular flexibility index (Phi) is 5.73. The zero-order valence-electron chi connectivity index (χ0n) is 10.7. The Bertz CT molecular complexity index is 441. The van der Waals surface area contributed by atoms with E-state index in [0.29, 0.717) is 0 Å². The van der Waals surface area contributed by atoms with E-state index in [1.165, 1.54) is 38.2 Å². The molecule has 2 nitrogen and oxygen atoms in total. The third-order valence-electron chi connectivity index (χ3n) is 4.18. The first-order chi connectivity index (χ1) is 8.72. The molecule has 2 fully saturated rings. The predicted octanol–water partition coefficient (Wildman–Crippen LogP) is 3.67. The molecule has 0 spiro atoms. The molecule has 0 radical (unpaired) electrons. The van der Waals surface area contributed by atoms with Crippen LogP contribution in [0.2, 0.25) is 0 Å². The number of fused-ring (bicyclic) bond motifs is 1. The Labute approximate surface area is 138 Å². The fraction of sp³-hybridized carbons (Fsp3) is 0.571. The number of halogens is 3. The zero-order chi connectivity index (χ0) is 12.5. The number of hydrogen-bond donors (Lipinski definition) is 1. The smallest absolute Gasteiger partial charge is 0.0320 e. The molecule has 5 heteroatoms. The summed E-state index contributed by atoms with van der Waals surface area (Å²) in [5.74, 6) is 1.80. The van der Waals surface area contributed by atoms with Crippen molar-refractivity contribution in [2.45, 2.75) is 13.0 Å². The molecule has 2 aliphatic heterocycles. The van der Waals surface area contributed by atoms with E-state index in [2.05, 4.69) is 60.3 Å². The van der Waals surface area contributed by atoms with Gasteiger partial charge in [0.2, 0.25) is 0 Å². The van der Waals surface area contributed by atoms with E-state index in [4.69, 9.17) is 0 Å². The van der Waals surface area contributed by atoms with E-state index in [0.717, 1.165) is 27.3 Å². The van der Waals surface area contributed by atoms with Crippen LogP contribution < -0.4 is 5.32 Å². The monoisotopic (exact) mass is 408 g/mol. The summed E-state index contributed by atoms with van der Waals surface area (Å²) in [4.78, 5) is 2.60. The Morgan fingerprint density at radius 3 is 2.74 bits per heavy atom. The minimum atomic E-state index is 0. The summed E-state index contributed by atoms with van der Waals surface area (Å²) in [6, 6.07) is 6.57. The van der Waals surface area contributed by atoms with Gasteiger partial charge in [0.25, 0.3) is 0 Å². The number of rotatable bonds is 2. The lowest BCUT2D eigenvalue weighted by Crippen LogP contribution is -2.39. The summed E-state index contributed by atoms with van der Waals surface area (Å²) in [5.41, 5.74) is 1.40. The number of hydrogen-bond acceptors (Lipinski definition) is 2. The van der Waals surface area contributed by atoms with Gasteiger partial charge in [0.05, 0.1) is 0 Å². The van der Waals surface area contributed by atoms with E-state index >= 15 is 0 Å². The standard InChI is InChI=1S/C14H18Br2N2.ClH/c15-13-2-1-10(5-14(13)16)8-18-4-3-11-6-17-7-12(11)9-18;/h1-2,5,11-12,17H,3-4,6-9H2;1H. The van der Waals surface area contributed by atoms with Crippen molar-refractivity contribution >= 4 is 44.3 Å². The van der Waals surface area contributed by atoms with Crippen molar-refractivity contribution in [2.24, 2.45) is 11.8 Å². The van der Waals surface area contributed by atoms with Gasteiger partial charge in [-0.2, -0.15) is 0 Å². The molecular formula is C14H19Br2ClN2. The molecule has 2 unspecified atom stereocenters. The van der Waals surface area contributed by atoms with Crippen LogP contribution in [0.1, 0.15) is 12.0 Å². The minimum Gasteiger partial charge on any atom is -0.316 e. The predicted molar refractivity (Wildman–Crippen MR) is 88.8 cm³/mol. The molecule has 0 amide bonds. The fourth-order valence-corrected chi connectivity index (χ4v) is 3.82. The number of nitrogens with one attached hydrogen (secondary N) is 1. The minimum absolute atomic E-state index is 0. The third-order valence-corrected chi connectivity index (χ3v) is 6.06. The summed E-state index contributed by atoms with van der Waals surface area (Å²) in [5, 5.41) is 3.52. The van der Waals surface area contributed by atoms with Gasteiger partial charge >= 0.3 is 0 Å². The quantitative estimate of drug-likeness (QED) is 0.800. The third kappa shape index (κ3) is 3.73. The molecule has 0 aliphatic carbocycles. The van der Waals surface area contributed by atoms with Crippen LogP contribution in [-0.4, -0.2) is 31.1 Å². The van der Waals surface area contributed by atoms with Crippen LogP contribution in [0, 0.1) is 11.8 Å². The van der Waals surface area contributed by atoms with E-state index < -0.39 is 0 Å². The topological polar surface area (TPSA) is 15.3 Å². The van der Waals surface area contributed by atoms with Crippen LogP contribution in [-0.2, 0) is 6.54 Å². The fourth-order valence-electron chi connectivity index (χ4n) is 3.15. The van der Waals surface area contributed by atoms with Crippen molar-refractivity contribution < 1.29 is 0 Å². The second kappa shape index (κ2) is 6.90. The van der Waals surface area contributed by atoms with Gasteiger partial charge in [0, 0.05) is 22.0 Å². The molecule has 1 aromatic carbocycles. The van der Waals surface area contributed by atoms with Gasteiger partial charge in [-0.1, -0.05) is 6.07 Å². The summed E-state index contributed by atoms with van der Waals surface area (Å²) >= 11 is 7.10. The van der Waals surface area contributed by atoms with Gasteiger partial charge < -0.3 is 5.32 Å². The van der Waals surface area contributed by atoms with Gasteiger partial charge in [-0.25, -0.2) is 0 Å². The Morgan fingerprint density at radius 1 is 1.16 bits per heavy atom. The maximum atomic E-state index is 3.58. The Hall–Kier alpha value is 0.390. The van der Waals surface area contributed by atoms with Crippen molar-refractivity contribution in [3.63, 3.8) is 0 Å². The first-order valence-electron chi connectivity index (χ1n) is 6.59. The highest BCUT2D eigenvalue weighted by atomic mass is 79.9. The van der Waals surface area contributed by atoms with Crippen LogP contribution in [0.4, 0.5) is 0 Å². The molecule has 106 valence electrons. The van der Waals surface area contributed by atoms with Gasteiger partial charge in [-0.3, -0.25) is 4.90 Å². The van der Waals surface area contributed by atoms with Crippen LogP contribution in [0.25, 0.3) is 0 Å². The van der Waals surface area contributed by atoms with Gasteiger partial charge in [0.15, 0.2) is 0 Å². The van der Waals surface area contributed by atoms with Gasteiger partial charge in [0.1, 0.15) is 0 Å². The summed E-state index contributed by atoms with van der Waals surface area (Å²) in [6.07, 6.45) is 1.36. The van der Waals surface area contributed by atoms with Crippen molar-refractivity contribution in [2.75, 3.05) is 26.2 Å². The first kappa shape index (κ1) is 15.8. The highest BCUT2D eigenvalue weighted by Gasteiger charge is 2.32. The number of likely N-dealkylation sites (tertiary alicyclic amines) is 1. The van der Waals surface area contributed by atoms with Gasteiger partial charge in [-0.05, 0) is 87.4 Å². The van der Waals surface area contributed by atoms with Crippen molar-refractivity contribution in [3.8, 4) is 0 Å². The molecule has 0 aromatic heterocycles. The maximum Gasteiger partial charge on any atom is 0.0320 e. The number of nitrogens with zero attached hydrogens (tertiary/aromatic N) is 1. The van der Waals surface area contributed by atoms with Crippen LogP contribution in [0.15, 0.2) is 27.1 Å². The number of piperidine rings is 1. The van der Waals surface area contributed by atoms with E-state index in [9.17, 15) is 0 Å². The molecule has 2 heterocycles. The molecule has 0 bridgehead atoms. The summed E-state index contributed by atoms with van der Waals surface area (Å²) in [7, 11) is 0. The zero-order valence-corrected chi connectivity index (χ0v) is 14.7. The van der Waals surface area contributed by atoms with Crippen molar-refractivity contribution in [1.82, 2.24) is 10.2 Å². The SMILES string of the molecule is Brc1ccc(CN2CCC3CNCC3C2)cc1Br.Cl. The highest BCUT2D eigenvalue weighted by molar-refractivity contribution is 9.13. The average molecular weight is 411 g/mol. The molecule has 19 heavy (non-hydrogen) atoms. The van der Waals surface area contributed by atoms with E-state index in [1.807, 2.05) is 0 Å². The Balaban J connectivity index is 0.00000133. The lowest BCUT2D eigenvalue weighted by atomic mass is 9.88. The normalized spacial score (nSPS) is 26.8. The van der Waals surface area contributed by atoms with Crippen LogP contribution in [0.5, 0.6) is 0 Å². The molecule has 0 saturated carbocycles. The molecule has 1 N–H and O–H groups in total. The van der Waals surface area contributed by atoms with Crippen molar-refractivity contribution in [1.29, 1.82) is 0 Å². The second-order valence-corrected chi connectivity index (χ2v) is 7.16. The molecule has 2 saturated heterocycles. The summed E-state index contributed by atoms with van der Waals surface area (Å²) in [6.45, 7) is 6.03. The van der Waals surface area contributed by atoms with E-state index in [1.54, 1.807) is 0 Å². The van der Waals surface area contributed by atoms with E-state index in [-0.39, 0.29) is 12.4 Å². The first-order valence-corrected chi connectivity index (χ1v) is 8.18. The highest BCUT2D eigenvalue weighted by Crippen LogP contribution is 2.29. The maximum absolute atomic E-state index is 3.58. The van der Waals surface area contributed by atoms with Gasteiger partial charge in [-0.15, -0.1) is 12.4 Å².